The van der Waals surface area contributed by atoms with Gasteiger partial charge in [0.1, 0.15) is 17.9 Å². The van der Waals surface area contributed by atoms with Crippen molar-refractivity contribution in [3.63, 3.8) is 0 Å². The predicted molar refractivity (Wildman–Crippen MR) is 147 cm³/mol. The maximum Gasteiger partial charge on any atom is 0.345 e. The van der Waals surface area contributed by atoms with E-state index < -0.39 is 5.97 Å². The maximum absolute atomic E-state index is 14.1. The van der Waals surface area contributed by atoms with Crippen molar-refractivity contribution in [3.8, 4) is 0 Å². The Morgan fingerprint density at radius 2 is 1.18 bits per heavy atom. The Hall–Kier alpha value is -4.71. The van der Waals surface area contributed by atoms with Gasteiger partial charge < -0.3 is 14.5 Å². The van der Waals surface area contributed by atoms with E-state index in [1.165, 1.54) is 7.11 Å². The molecule has 1 aliphatic heterocycles. The summed E-state index contributed by atoms with van der Waals surface area (Å²) < 4.78 is 7.20. The number of Topliss-reactive ketones (excluding diaryl/α,β-unsaturated/α-hetero) is 1. The number of carbonyl (C=O) groups is 2. The molecule has 2 heterocycles. The smallest absolute Gasteiger partial charge is 0.345 e. The molecule has 0 spiro atoms. The zero-order valence-electron chi connectivity index (χ0n) is 21.6. The van der Waals surface area contributed by atoms with Gasteiger partial charge in [-0.25, -0.2) is 9.36 Å². The van der Waals surface area contributed by atoms with Crippen LogP contribution < -0.4 is 14.4 Å². The molecule has 1 aliphatic rings. The molecule has 0 saturated carbocycles. The van der Waals surface area contributed by atoms with E-state index in [0.29, 0.717) is 24.5 Å². The van der Waals surface area contributed by atoms with Gasteiger partial charge in [0.25, 0.3) is 0 Å². The van der Waals surface area contributed by atoms with Gasteiger partial charge >= 0.3 is 5.97 Å². The third kappa shape index (κ3) is 4.93. The SMILES string of the molecule is CC[n+]1ccc(C(=O)C(C(=O)OC)=C2N(Cc3ccccc3)c3ccccc3N2Cc2ccccc2)cc1. The van der Waals surface area contributed by atoms with Crippen LogP contribution in [0.3, 0.4) is 0 Å². The van der Waals surface area contributed by atoms with Crippen molar-refractivity contribution in [2.75, 3.05) is 16.9 Å². The highest BCUT2D eigenvalue weighted by Gasteiger charge is 2.39. The van der Waals surface area contributed by atoms with Crippen LogP contribution in [0, 0.1) is 0 Å². The Morgan fingerprint density at radius 1 is 0.711 bits per heavy atom. The highest BCUT2D eigenvalue weighted by molar-refractivity contribution is 6.25. The number of aromatic nitrogens is 1. The number of para-hydroxylation sites is 2. The monoisotopic (exact) mass is 504 g/mol. The number of ether oxygens (including phenoxy) is 1. The number of methoxy groups -OCH3 is 1. The summed E-state index contributed by atoms with van der Waals surface area (Å²) in [5, 5.41) is 0. The molecule has 6 heteroatoms. The summed E-state index contributed by atoms with van der Waals surface area (Å²) in [6.45, 7) is 3.78. The van der Waals surface area contributed by atoms with Gasteiger partial charge in [0.2, 0.25) is 5.78 Å². The van der Waals surface area contributed by atoms with E-state index in [2.05, 4.69) is 0 Å². The van der Waals surface area contributed by atoms with Crippen molar-refractivity contribution in [2.24, 2.45) is 0 Å². The molecule has 5 rings (SSSR count). The number of aryl methyl sites for hydroxylation is 1. The zero-order valence-corrected chi connectivity index (χ0v) is 21.6. The molecule has 0 amide bonds. The molecule has 0 atom stereocenters. The Kier molecular flexibility index (Phi) is 7.31. The number of anilines is 2. The molecular formula is C32H30N3O3+. The molecule has 38 heavy (non-hydrogen) atoms. The molecule has 0 N–H and O–H groups in total. The van der Waals surface area contributed by atoms with Gasteiger partial charge in [0.15, 0.2) is 12.4 Å². The van der Waals surface area contributed by atoms with Crippen LogP contribution in [0.5, 0.6) is 0 Å². The van der Waals surface area contributed by atoms with E-state index in [1.54, 1.807) is 12.1 Å². The molecule has 0 fully saturated rings. The van der Waals surface area contributed by atoms with Crippen molar-refractivity contribution < 1.29 is 18.9 Å². The summed E-state index contributed by atoms with van der Waals surface area (Å²) in [6, 6.07) is 31.6. The summed E-state index contributed by atoms with van der Waals surface area (Å²) in [6.07, 6.45) is 3.69. The quantitative estimate of drug-likeness (QED) is 0.0815. The maximum atomic E-state index is 14.1. The molecule has 0 saturated heterocycles. The largest absolute Gasteiger partial charge is 0.465 e. The number of benzene rings is 3. The fraction of sp³-hybridized carbons (Fsp3) is 0.156. The summed E-state index contributed by atoms with van der Waals surface area (Å²) in [5.74, 6) is -0.525. The standard InChI is InChI=1S/C32H30N3O3/c1-3-33-20-18-26(19-21-33)30(36)29(32(37)38-2)31-34(22-24-12-6-4-7-13-24)27-16-10-11-17-28(27)35(31)23-25-14-8-5-9-15-25/h4-21H,3,22-23H2,1-2H3/q+1. The molecule has 3 aromatic carbocycles. The van der Waals surface area contributed by atoms with Crippen LogP contribution in [-0.4, -0.2) is 18.9 Å². The second-order valence-electron chi connectivity index (χ2n) is 9.07. The minimum absolute atomic E-state index is 0.00445. The first-order valence-electron chi connectivity index (χ1n) is 12.7. The summed E-state index contributed by atoms with van der Waals surface area (Å²) in [4.78, 5) is 31.6. The minimum atomic E-state index is -0.666. The Morgan fingerprint density at radius 3 is 1.63 bits per heavy atom. The molecule has 0 aliphatic carbocycles. The average Bonchev–Trinajstić information content (AvgIpc) is 3.26. The molecular weight excluding hydrogens is 474 g/mol. The van der Waals surface area contributed by atoms with E-state index >= 15 is 0 Å². The predicted octanol–water partition coefficient (Wildman–Crippen LogP) is 5.29. The lowest BCUT2D eigenvalue weighted by atomic mass is 10.0. The van der Waals surface area contributed by atoms with E-state index in [-0.39, 0.29) is 11.4 Å². The van der Waals surface area contributed by atoms with Gasteiger partial charge in [0.05, 0.1) is 18.5 Å². The first-order chi connectivity index (χ1) is 18.6. The van der Waals surface area contributed by atoms with Crippen molar-refractivity contribution >= 4 is 23.1 Å². The van der Waals surface area contributed by atoms with Crippen LogP contribution in [0.15, 0.2) is 121 Å². The van der Waals surface area contributed by atoms with Gasteiger partial charge in [-0.1, -0.05) is 72.8 Å². The van der Waals surface area contributed by atoms with E-state index in [1.807, 2.05) is 119 Å². The second-order valence-corrected chi connectivity index (χ2v) is 9.07. The number of rotatable bonds is 8. The number of carbonyl (C=O) groups excluding carboxylic acids is 2. The topological polar surface area (TPSA) is 53.7 Å². The Bertz CT molecular complexity index is 1390. The van der Waals surface area contributed by atoms with Crippen molar-refractivity contribution in [2.45, 2.75) is 26.6 Å². The zero-order chi connectivity index (χ0) is 26.5. The van der Waals surface area contributed by atoms with Gasteiger partial charge in [-0.3, -0.25) is 4.79 Å². The first kappa shape index (κ1) is 25.0. The van der Waals surface area contributed by atoms with E-state index in [4.69, 9.17) is 4.74 Å². The fourth-order valence-electron chi connectivity index (χ4n) is 4.77. The summed E-state index contributed by atoms with van der Waals surface area (Å²) in [5.41, 5.74) is 4.40. The van der Waals surface area contributed by atoms with Crippen LogP contribution in [0.4, 0.5) is 11.4 Å². The number of fused-ring (bicyclic) bond motifs is 1. The van der Waals surface area contributed by atoms with Gasteiger partial charge in [0, 0.05) is 30.8 Å². The number of ketones is 1. The lowest BCUT2D eigenvalue weighted by Gasteiger charge is -2.28. The lowest BCUT2D eigenvalue weighted by Crippen LogP contribution is -2.34. The third-order valence-electron chi connectivity index (χ3n) is 6.70. The van der Waals surface area contributed by atoms with Crippen molar-refractivity contribution in [1.29, 1.82) is 0 Å². The van der Waals surface area contributed by atoms with Gasteiger partial charge in [-0.2, -0.15) is 0 Å². The molecule has 4 aromatic rings. The van der Waals surface area contributed by atoms with Crippen molar-refractivity contribution in [3.05, 3.63) is 138 Å². The molecule has 6 nitrogen and oxygen atoms in total. The fourth-order valence-corrected chi connectivity index (χ4v) is 4.77. The van der Waals surface area contributed by atoms with Gasteiger partial charge in [-0.05, 0) is 30.2 Å². The van der Waals surface area contributed by atoms with Gasteiger partial charge in [-0.15, -0.1) is 0 Å². The molecule has 0 bridgehead atoms. The van der Waals surface area contributed by atoms with Crippen LogP contribution in [-0.2, 0) is 29.2 Å². The highest BCUT2D eigenvalue weighted by atomic mass is 16.5. The van der Waals surface area contributed by atoms with Crippen LogP contribution in [0.2, 0.25) is 0 Å². The number of hydrogen-bond acceptors (Lipinski definition) is 5. The lowest BCUT2D eigenvalue weighted by molar-refractivity contribution is -0.693. The minimum Gasteiger partial charge on any atom is -0.465 e. The molecule has 0 radical (unpaired) electrons. The Labute approximate surface area is 223 Å². The second kappa shape index (κ2) is 11.1. The third-order valence-corrected chi connectivity index (χ3v) is 6.70. The van der Waals surface area contributed by atoms with Crippen molar-refractivity contribution in [1.82, 2.24) is 0 Å². The summed E-state index contributed by atoms with van der Waals surface area (Å²) >= 11 is 0. The van der Waals surface area contributed by atoms with E-state index in [9.17, 15) is 9.59 Å². The number of hydrogen-bond donors (Lipinski definition) is 0. The van der Waals surface area contributed by atoms with Crippen LogP contribution >= 0.6 is 0 Å². The molecule has 0 unspecified atom stereocenters. The highest BCUT2D eigenvalue weighted by Crippen LogP contribution is 2.45. The number of nitrogens with zero attached hydrogens (tertiary/aromatic N) is 3. The van der Waals surface area contributed by atoms with Crippen LogP contribution in [0.25, 0.3) is 0 Å². The first-order valence-corrected chi connectivity index (χ1v) is 12.7. The normalized spacial score (nSPS) is 12.3. The number of pyridine rings is 1. The van der Waals surface area contributed by atoms with E-state index in [0.717, 1.165) is 29.0 Å². The summed E-state index contributed by atoms with van der Waals surface area (Å²) in [7, 11) is 1.32. The Balaban J connectivity index is 1.72. The average molecular weight is 505 g/mol. The molecule has 1 aromatic heterocycles. The molecule has 190 valence electrons. The van der Waals surface area contributed by atoms with Crippen LogP contribution in [0.1, 0.15) is 28.4 Å². The number of esters is 1.